The van der Waals surface area contributed by atoms with E-state index in [-0.39, 0.29) is 42.4 Å². The van der Waals surface area contributed by atoms with Crippen LogP contribution in [0.3, 0.4) is 0 Å². The third-order valence-corrected chi connectivity index (χ3v) is 6.69. The molecule has 1 amide bonds. The largest absolute Gasteiger partial charge is 0.486 e. The van der Waals surface area contributed by atoms with E-state index in [1.54, 1.807) is 12.1 Å². The molecule has 5 rings (SSSR count). The lowest BCUT2D eigenvalue weighted by molar-refractivity contribution is -0.118. The molecule has 2 N–H and O–H groups in total. The van der Waals surface area contributed by atoms with E-state index in [9.17, 15) is 23.5 Å². The minimum atomic E-state index is -1.30. The van der Waals surface area contributed by atoms with Crippen molar-refractivity contribution in [2.24, 2.45) is 0 Å². The summed E-state index contributed by atoms with van der Waals surface area (Å²) in [5.41, 5.74) is 1.54. The van der Waals surface area contributed by atoms with Gasteiger partial charge in [0.05, 0.1) is 17.9 Å². The number of aliphatic hydroxyl groups is 1. The van der Waals surface area contributed by atoms with Crippen LogP contribution in [0.1, 0.15) is 34.9 Å². The third kappa shape index (κ3) is 5.66. The molecule has 0 radical (unpaired) electrons. The molecule has 3 heterocycles. The first-order valence-corrected chi connectivity index (χ1v) is 12.5. The summed E-state index contributed by atoms with van der Waals surface area (Å²) < 4.78 is 38.6. The number of rotatable bonds is 8. The van der Waals surface area contributed by atoms with Crippen molar-refractivity contribution < 1.29 is 33.0 Å². The van der Waals surface area contributed by atoms with Gasteiger partial charge < -0.3 is 24.8 Å². The normalized spacial score (nSPS) is 16.6. The second-order valence-corrected chi connectivity index (χ2v) is 9.33. The molecule has 2 aromatic carbocycles. The zero-order chi connectivity index (χ0) is 26.6. The number of carbonyl (C=O) groups excluding carboxylic acids is 2. The Hall–Kier alpha value is -3.89. The van der Waals surface area contributed by atoms with Crippen molar-refractivity contribution in [2.45, 2.75) is 25.0 Å². The average Bonchev–Trinajstić information content (AvgIpc) is 3.45. The number of nitrogens with zero attached hydrogens (tertiary/aromatic N) is 2. The van der Waals surface area contributed by atoms with E-state index in [1.807, 2.05) is 0 Å². The molecule has 0 saturated carbocycles. The number of ether oxygens (including phenoxy) is 2. The van der Waals surface area contributed by atoms with Crippen LogP contribution in [0.15, 0.2) is 54.7 Å². The highest BCUT2D eigenvalue weighted by atomic mass is 19.1. The number of amides is 1. The molecule has 0 bridgehead atoms. The van der Waals surface area contributed by atoms with E-state index in [1.165, 1.54) is 30.3 Å². The summed E-state index contributed by atoms with van der Waals surface area (Å²) in [5.74, 6) is -2.63. The van der Waals surface area contributed by atoms with Crippen molar-refractivity contribution in [3.8, 4) is 22.8 Å². The Bertz CT molecular complexity index is 1310. The summed E-state index contributed by atoms with van der Waals surface area (Å²) in [7, 11) is 0. The topological polar surface area (TPSA) is 101 Å². The van der Waals surface area contributed by atoms with Crippen LogP contribution < -0.4 is 14.8 Å². The van der Waals surface area contributed by atoms with Crippen molar-refractivity contribution in [3.05, 3.63) is 77.5 Å². The molecule has 10 heteroatoms. The average molecular weight is 524 g/mol. The van der Waals surface area contributed by atoms with E-state index in [4.69, 9.17) is 9.47 Å². The minimum absolute atomic E-state index is 0.0122. The van der Waals surface area contributed by atoms with Crippen molar-refractivity contribution in [2.75, 3.05) is 32.8 Å². The number of aromatic nitrogens is 1. The lowest BCUT2D eigenvalue weighted by Crippen LogP contribution is -2.48. The van der Waals surface area contributed by atoms with E-state index in [2.05, 4.69) is 15.2 Å². The number of nitrogens with one attached hydrogen (secondary N) is 1. The summed E-state index contributed by atoms with van der Waals surface area (Å²) in [6.07, 6.45) is 1.78. The predicted molar refractivity (Wildman–Crippen MR) is 134 cm³/mol. The number of fused-ring (bicyclic) bond motifs is 1. The minimum Gasteiger partial charge on any atom is -0.486 e. The SMILES string of the molecule is O=C(NC(CN1CCCC1)C(O)c1cc(F)c2c(c1)OCCO2)C(=O)c1ccc(-c2ccc(F)cn2)cc1. The summed E-state index contributed by atoms with van der Waals surface area (Å²) in [5, 5.41) is 13.9. The summed E-state index contributed by atoms with van der Waals surface area (Å²) in [6, 6.07) is 10.8. The van der Waals surface area contributed by atoms with Crippen LogP contribution in [0, 0.1) is 11.6 Å². The zero-order valence-corrected chi connectivity index (χ0v) is 20.5. The molecule has 1 aromatic heterocycles. The van der Waals surface area contributed by atoms with Gasteiger partial charge >= 0.3 is 0 Å². The van der Waals surface area contributed by atoms with Gasteiger partial charge in [0, 0.05) is 17.7 Å². The first-order chi connectivity index (χ1) is 18.4. The fraction of sp³-hybridized carbons (Fsp3) is 0.321. The number of pyridine rings is 1. The Labute approximate surface area is 218 Å². The number of ketones is 1. The van der Waals surface area contributed by atoms with Gasteiger partial charge in [0.2, 0.25) is 5.78 Å². The smallest absolute Gasteiger partial charge is 0.292 e. The van der Waals surface area contributed by atoms with Gasteiger partial charge in [-0.05, 0) is 55.8 Å². The predicted octanol–water partition coefficient (Wildman–Crippen LogP) is 3.29. The molecule has 1 saturated heterocycles. The van der Waals surface area contributed by atoms with Crippen LogP contribution in [0.25, 0.3) is 11.3 Å². The lowest BCUT2D eigenvalue weighted by Gasteiger charge is -2.29. The van der Waals surface area contributed by atoms with Gasteiger partial charge in [0.1, 0.15) is 25.1 Å². The Morgan fingerprint density at radius 2 is 1.76 bits per heavy atom. The molecule has 198 valence electrons. The quantitative estimate of drug-likeness (QED) is 0.345. The number of benzene rings is 2. The van der Waals surface area contributed by atoms with Crippen LogP contribution in [0.2, 0.25) is 0 Å². The van der Waals surface area contributed by atoms with Crippen LogP contribution >= 0.6 is 0 Å². The van der Waals surface area contributed by atoms with Gasteiger partial charge in [-0.15, -0.1) is 0 Å². The fourth-order valence-corrected chi connectivity index (χ4v) is 4.71. The maximum atomic E-state index is 14.7. The zero-order valence-electron chi connectivity index (χ0n) is 20.5. The molecule has 2 atom stereocenters. The van der Waals surface area contributed by atoms with Crippen molar-refractivity contribution >= 4 is 11.7 Å². The molecule has 2 unspecified atom stereocenters. The van der Waals surface area contributed by atoms with E-state index in [0.29, 0.717) is 11.3 Å². The highest BCUT2D eigenvalue weighted by Crippen LogP contribution is 2.36. The molecule has 2 aliphatic heterocycles. The molecule has 8 nitrogen and oxygen atoms in total. The Morgan fingerprint density at radius 3 is 2.47 bits per heavy atom. The number of hydrogen-bond acceptors (Lipinski definition) is 7. The summed E-state index contributed by atoms with van der Waals surface area (Å²) in [6.45, 7) is 2.35. The van der Waals surface area contributed by atoms with E-state index >= 15 is 0 Å². The number of carbonyl (C=O) groups is 2. The Kier molecular flexibility index (Phi) is 7.62. The maximum Gasteiger partial charge on any atom is 0.292 e. The number of aliphatic hydroxyl groups excluding tert-OH is 1. The standard InChI is InChI=1S/C28H27F2N3O5/c29-20-7-8-22(31-15-20)17-3-5-18(6-4-17)26(35)28(36)32-23(16-33-9-1-2-10-33)25(34)19-13-21(30)27-24(14-19)37-11-12-38-27/h3-8,13-15,23,25,34H,1-2,9-12,16H2,(H,32,36). The molecule has 0 spiro atoms. The molecule has 1 fully saturated rings. The number of Topliss-reactive ketones (excluding diaryl/α,β-unsaturated/α-hetero) is 1. The summed E-state index contributed by atoms with van der Waals surface area (Å²) in [4.78, 5) is 32.0. The van der Waals surface area contributed by atoms with Gasteiger partial charge in [-0.25, -0.2) is 8.78 Å². The Morgan fingerprint density at radius 1 is 1.03 bits per heavy atom. The van der Waals surface area contributed by atoms with Crippen molar-refractivity contribution in [1.29, 1.82) is 0 Å². The van der Waals surface area contributed by atoms with Crippen LogP contribution in [0.4, 0.5) is 8.78 Å². The highest BCUT2D eigenvalue weighted by molar-refractivity contribution is 6.42. The number of halogens is 2. The highest BCUT2D eigenvalue weighted by Gasteiger charge is 2.31. The second-order valence-electron chi connectivity index (χ2n) is 9.33. The molecule has 0 aliphatic carbocycles. The van der Waals surface area contributed by atoms with Gasteiger partial charge in [0.25, 0.3) is 5.91 Å². The number of hydrogen-bond donors (Lipinski definition) is 2. The second kappa shape index (κ2) is 11.2. The lowest BCUT2D eigenvalue weighted by atomic mass is 9.99. The van der Waals surface area contributed by atoms with E-state index < -0.39 is 35.5 Å². The first kappa shape index (κ1) is 25.7. The van der Waals surface area contributed by atoms with Crippen LogP contribution in [0.5, 0.6) is 11.5 Å². The van der Waals surface area contributed by atoms with Crippen LogP contribution in [-0.2, 0) is 4.79 Å². The van der Waals surface area contributed by atoms with Crippen LogP contribution in [-0.4, -0.2) is 65.6 Å². The van der Waals surface area contributed by atoms with Crippen molar-refractivity contribution in [1.82, 2.24) is 15.2 Å². The Balaban J connectivity index is 1.33. The molecule has 3 aromatic rings. The van der Waals surface area contributed by atoms with Gasteiger partial charge in [-0.1, -0.05) is 24.3 Å². The molecule has 2 aliphatic rings. The van der Waals surface area contributed by atoms with Crippen molar-refractivity contribution in [3.63, 3.8) is 0 Å². The van der Waals surface area contributed by atoms with Gasteiger partial charge in [-0.3, -0.25) is 14.6 Å². The molecular formula is C28H27F2N3O5. The van der Waals surface area contributed by atoms with E-state index in [0.717, 1.165) is 38.2 Å². The monoisotopic (exact) mass is 523 g/mol. The van der Waals surface area contributed by atoms with Gasteiger partial charge in [-0.2, -0.15) is 0 Å². The first-order valence-electron chi connectivity index (χ1n) is 12.5. The van der Waals surface area contributed by atoms with Gasteiger partial charge in [0.15, 0.2) is 17.3 Å². The summed E-state index contributed by atoms with van der Waals surface area (Å²) >= 11 is 0. The molecular weight excluding hydrogens is 496 g/mol. The third-order valence-electron chi connectivity index (χ3n) is 6.69. The number of likely N-dealkylation sites (tertiary alicyclic amines) is 1. The molecule has 38 heavy (non-hydrogen) atoms. The fourth-order valence-electron chi connectivity index (χ4n) is 4.71. The maximum absolute atomic E-state index is 14.7.